The molecule has 0 radical (unpaired) electrons. The van der Waals surface area contributed by atoms with E-state index >= 15 is 0 Å². The van der Waals surface area contributed by atoms with E-state index < -0.39 is 6.04 Å². The van der Waals surface area contributed by atoms with Crippen LogP contribution in [0.5, 0.6) is 11.5 Å². The van der Waals surface area contributed by atoms with Gasteiger partial charge in [-0.05, 0) is 12.8 Å². The molecule has 1 aliphatic rings. The van der Waals surface area contributed by atoms with E-state index in [2.05, 4.69) is 5.32 Å². The monoisotopic (exact) mass is 300 g/mol. The van der Waals surface area contributed by atoms with E-state index in [4.69, 9.17) is 31.5 Å². The Bertz CT molecular complexity index is 496. The van der Waals surface area contributed by atoms with Crippen molar-refractivity contribution in [3.63, 3.8) is 0 Å². The van der Waals surface area contributed by atoms with Gasteiger partial charge in [0.2, 0.25) is 12.7 Å². The van der Waals surface area contributed by atoms with Crippen LogP contribution >= 0.6 is 11.6 Å². The van der Waals surface area contributed by atoms with Gasteiger partial charge in [-0.2, -0.15) is 0 Å². The summed E-state index contributed by atoms with van der Waals surface area (Å²) >= 11 is 6.07. The Morgan fingerprint density at radius 1 is 1.50 bits per heavy atom. The van der Waals surface area contributed by atoms with Crippen molar-refractivity contribution in [2.45, 2.75) is 18.9 Å². The second kappa shape index (κ2) is 6.78. The first-order valence-electron chi connectivity index (χ1n) is 6.26. The standard InChI is InChI=1S/C13H17ClN2O4/c1-18-4-2-3-9(15)13(17)16-10-6-12-11(5-8(10)14)19-7-20-12/h5-6,9H,2-4,7,15H2,1H3,(H,16,17). The Balaban J connectivity index is 1.97. The summed E-state index contributed by atoms with van der Waals surface area (Å²) in [6.45, 7) is 0.728. The van der Waals surface area contributed by atoms with Gasteiger partial charge in [0.1, 0.15) is 0 Å². The number of hydrogen-bond acceptors (Lipinski definition) is 5. The van der Waals surface area contributed by atoms with E-state index in [1.807, 2.05) is 0 Å². The molecule has 0 spiro atoms. The third-order valence-corrected chi connectivity index (χ3v) is 3.23. The molecule has 0 saturated heterocycles. The average molecular weight is 301 g/mol. The number of carbonyl (C=O) groups excluding carboxylic acids is 1. The van der Waals surface area contributed by atoms with Gasteiger partial charge < -0.3 is 25.3 Å². The van der Waals surface area contributed by atoms with Crippen LogP contribution in [-0.4, -0.2) is 32.5 Å². The summed E-state index contributed by atoms with van der Waals surface area (Å²) in [7, 11) is 1.61. The molecular weight excluding hydrogens is 284 g/mol. The fraction of sp³-hybridized carbons (Fsp3) is 0.462. The van der Waals surface area contributed by atoms with Crippen molar-refractivity contribution >= 4 is 23.2 Å². The predicted octanol–water partition coefficient (Wildman–Crippen LogP) is 1.76. The minimum absolute atomic E-state index is 0.152. The largest absolute Gasteiger partial charge is 0.454 e. The highest BCUT2D eigenvalue weighted by Gasteiger charge is 2.19. The van der Waals surface area contributed by atoms with Gasteiger partial charge in [-0.3, -0.25) is 4.79 Å². The van der Waals surface area contributed by atoms with E-state index in [0.717, 1.165) is 6.42 Å². The molecule has 6 nitrogen and oxygen atoms in total. The summed E-state index contributed by atoms with van der Waals surface area (Å²) in [6.07, 6.45) is 1.27. The normalized spacial score (nSPS) is 14.2. The van der Waals surface area contributed by atoms with E-state index in [-0.39, 0.29) is 12.7 Å². The summed E-state index contributed by atoms with van der Waals surface area (Å²) in [5, 5.41) is 3.08. The van der Waals surface area contributed by atoms with E-state index in [1.54, 1.807) is 19.2 Å². The lowest BCUT2D eigenvalue weighted by Crippen LogP contribution is -2.35. The Hall–Kier alpha value is -1.50. The average Bonchev–Trinajstić information content (AvgIpc) is 2.86. The highest BCUT2D eigenvalue weighted by Crippen LogP contribution is 2.39. The smallest absolute Gasteiger partial charge is 0.241 e. The zero-order valence-corrected chi connectivity index (χ0v) is 11.9. The number of methoxy groups -OCH3 is 1. The van der Waals surface area contributed by atoms with Crippen molar-refractivity contribution in [1.29, 1.82) is 0 Å². The number of amides is 1. The van der Waals surface area contributed by atoms with Crippen molar-refractivity contribution in [3.8, 4) is 11.5 Å². The van der Waals surface area contributed by atoms with Crippen LogP contribution in [0.15, 0.2) is 12.1 Å². The quantitative estimate of drug-likeness (QED) is 0.782. The minimum Gasteiger partial charge on any atom is -0.454 e. The van der Waals surface area contributed by atoms with Crippen LogP contribution in [0.2, 0.25) is 5.02 Å². The number of hydrogen-bond donors (Lipinski definition) is 2. The predicted molar refractivity (Wildman–Crippen MR) is 75.3 cm³/mol. The Morgan fingerprint density at radius 2 is 2.20 bits per heavy atom. The fourth-order valence-corrected chi connectivity index (χ4v) is 2.02. The number of fused-ring (bicyclic) bond motifs is 1. The molecule has 1 aromatic rings. The first-order valence-corrected chi connectivity index (χ1v) is 6.64. The second-order valence-electron chi connectivity index (χ2n) is 4.42. The molecule has 0 aromatic heterocycles. The lowest BCUT2D eigenvalue weighted by molar-refractivity contribution is -0.117. The molecule has 0 saturated carbocycles. The zero-order valence-electron chi connectivity index (χ0n) is 11.1. The number of nitrogens with two attached hydrogens (primary N) is 1. The molecule has 1 aromatic carbocycles. The summed E-state index contributed by atoms with van der Waals surface area (Å²) in [5.41, 5.74) is 6.26. The van der Waals surface area contributed by atoms with E-state index in [9.17, 15) is 4.79 Å². The number of anilines is 1. The molecular formula is C13H17ClN2O4. The van der Waals surface area contributed by atoms with Gasteiger partial charge in [-0.1, -0.05) is 11.6 Å². The maximum atomic E-state index is 12.0. The SMILES string of the molecule is COCCCC(N)C(=O)Nc1cc2c(cc1Cl)OCO2. The van der Waals surface area contributed by atoms with Crippen molar-refractivity contribution in [2.24, 2.45) is 5.73 Å². The minimum atomic E-state index is -0.605. The summed E-state index contributed by atoms with van der Waals surface area (Å²) < 4.78 is 15.4. The fourth-order valence-electron chi connectivity index (χ4n) is 1.82. The van der Waals surface area contributed by atoms with Crippen LogP contribution in [0, 0.1) is 0 Å². The van der Waals surface area contributed by atoms with Crippen molar-refractivity contribution in [3.05, 3.63) is 17.2 Å². The summed E-state index contributed by atoms with van der Waals surface area (Å²) in [5.74, 6) is 0.830. The van der Waals surface area contributed by atoms with Gasteiger partial charge >= 0.3 is 0 Å². The Kier molecular flexibility index (Phi) is 5.05. The third kappa shape index (κ3) is 3.53. The van der Waals surface area contributed by atoms with Crippen molar-refractivity contribution in [2.75, 3.05) is 25.8 Å². The van der Waals surface area contributed by atoms with Crippen LogP contribution in [-0.2, 0) is 9.53 Å². The zero-order chi connectivity index (χ0) is 14.5. The van der Waals surface area contributed by atoms with Crippen LogP contribution in [0.3, 0.4) is 0 Å². The number of benzene rings is 1. The van der Waals surface area contributed by atoms with Crippen LogP contribution in [0.1, 0.15) is 12.8 Å². The molecule has 1 atom stereocenters. The first kappa shape index (κ1) is 14.9. The van der Waals surface area contributed by atoms with E-state index in [0.29, 0.717) is 35.2 Å². The number of rotatable bonds is 6. The third-order valence-electron chi connectivity index (χ3n) is 2.92. The number of nitrogens with one attached hydrogen (secondary N) is 1. The lowest BCUT2D eigenvalue weighted by Gasteiger charge is -2.13. The molecule has 0 fully saturated rings. The molecule has 110 valence electrons. The van der Waals surface area contributed by atoms with Crippen molar-refractivity contribution < 1.29 is 19.0 Å². The van der Waals surface area contributed by atoms with Crippen molar-refractivity contribution in [1.82, 2.24) is 0 Å². The number of carbonyl (C=O) groups is 1. The van der Waals surface area contributed by atoms with Gasteiger partial charge in [0, 0.05) is 25.8 Å². The molecule has 2 rings (SSSR count). The van der Waals surface area contributed by atoms with Crippen LogP contribution in [0.4, 0.5) is 5.69 Å². The number of halogens is 1. The lowest BCUT2D eigenvalue weighted by atomic mass is 10.1. The molecule has 3 N–H and O–H groups in total. The van der Waals surface area contributed by atoms with Gasteiger partial charge in [-0.25, -0.2) is 0 Å². The molecule has 1 heterocycles. The Morgan fingerprint density at radius 3 is 2.90 bits per heavy atom. The maximum Gasteiger partial charge on any atom is 0.241 e. The van der Waals surface area contributed by atoms with E-state index in [1.165, 1.54) is 0 Å². The van der Waals surface area contributed by atoms with Gasteiger partial charge in [0.25, 0.3) is 0 Å². The first-order chi connectivity index (χ1) is 9.61. The second-order valence-corrected chi connectivity index (χ2v) is 4.82. The highest BCUT2D eigenvalue weighted by molar-refractivity contribution is 6.34. The molecule has 1 unspecified atom stereocenters. The van der Waals surface area contributed by atoms with Gasteiger partial charge in [-0.15, -0.1) is 0 Å². The summed E-state index contributed by atoms with van der Waals surface area (Å²) in [4.78, 5) is 12.0. The van der Waals surface area contributed by atoms with Gasteiger partial charge in [0.15, 0.2) is 11.5 Å². The molecule has 0 aliphatic carbocycles. The molecule has 1 amide bonds. The number of ether oxygens (including phenoxy) is 3. The molecule has 0 bridgehead atoms. The van der Waals surface area contributed by atoms with Gasteiger partial charge in [0.05, 0.1) is 16.8 Å². The van der Waals surface area contributed by atoms with Crippen LogP contribution < -0.4 is 20.5 Å². The topological polar surface area (TPSA) is 82.8 Å². The molecule has 20 heavy (non-hydrogen) atoms. The summed E-state index contributed by atoms with van der Waals surface area (Å²) in [6, 6.07) is 2.63. The molecule has 1 aliphatic heterocycles. The highest BCUT2D eigenvalue weighted by atomic mass is 35.5. The molecule has 7 heteroatoms. The Labute approximate surface area is 122 Å². The maximum absolute atomic E-state index is 12.0. The van der Waals surface area contributed by atoms with Crippen LogP contribution in [0.25, 0.3) is 0 Å².